The molecule has 0 heterocycles. The van der Waals surface area contributed by atoms with Crippen LogP contribution >= 0.6 is 11.8 Å². The van der Waals surface area contributed by atoms with Gasteiger partial charge >= 0.3 is 0 Å². The number of thioether (sulfide) groups is 1. The number of hydrogen-bond acceptors (Lipinski definition) is 3. The molecule has 0 aliphatic heterocycles. The summed E-state index contributed by atoms with van der Waals surface area (Å²) in [4.78, 5) is 0. The summed E-state index contributed by atoms with van der Waals surface area (Å²) in [6, 6.07) is 6.33. The van der Waals surface area contributed by atoms with Gasteiger partial charge < -0.3 is 10.5 Å². The topological polar surface area (TPSA) is 35.2 Å². The number of benzene rings is 1. The Hall–Kier alpha value is -0.670. The van der Waals surface area contributed by atoms with E-state index in [-0.39, 0.29) is 6.04 Å². The molecular formula is C15H25NOS. The van der Waals surface area contributed by atoms with Gasteiger partial charge in [-0.1, -0.05) is 26.3 Å². The Morgan fingerprint density at radius 3 is 2.61 bits per heavy atom. The summed E-state index contributed by atoms with van der Waals surface area (Å²) in [6.45, 7) is 6.54. The molecule has 0 radical (unpaired) electrons. The molecule has 0 aliphatic rings. The smallest absolute Gasteiger partial charge is 0.122 e. The van der Waals surface area contributed by atoms with E-state index in [1.54, 1.807) is 7.11 Å². The summed E-state index contributed by atoms with van der Waals surface area (Å²) in [7, 11) is 1.73. The van der Waals surface area contributed by atoms with Crippen LogP contribution in [-0.2, 0) is 5.75 Å². The van der Waals surface area contributed by atoms with Crippen molar-refractivity contribution in [1.82, 2.24) is 0 Å². The second kappa shape index (κ2) is 7.70. The van der Waals surface area contributed by atoms with Crippen molar-refractivity contribution in [2.24, 2.45) is 11.7 Å². The van der Waals surface area contributed by atoms with Crippen LogP contribution in [-0.4, -0.2) is 12.9 Å². The first-order valence-electron chi connectivity index (χ1n) is 6.58. The third kappa shape index (κ3) is 4.54. The number of hydrogen-bond donors (Lipinski definition) is 1. The van der Waals surface area contributed by atoms with Gasteiger partial charge in [0, 0.05) is 17.4 Å². The Labute approximate surface area is 115 Å². The minimum absolute atomic E-state index is 0.0780. The summed E-state index contributed by atoms with van der Waals surface area (Å²) in [5.41, 5.74) is 8.35. The largest absolute Gasteiger partial charge is 0.496 e. The second-order valence-electron chi connectivity index (χ2n) is 4.89. The SMILES string of the molecule is CCC(C)CSCc1cc(C(C)N)ccc1OC. The van der Waals surface area contributed by atoms with Gasteiger partial charge in [0.2, 0.25) is 0 Å². The summed E-state index contributed by atoms with van der Waals surface area (Å²) in [6.07, 6.45) is 1.24. The maximum absolute atomic E-state index is 5.92. The first-order chi connectivity index (χ1) is 8.58. The van der Waals surface area contributed by atoms with Crippen LogP contribution in [0.1, 0.15) is 44.4 Å². The van der Waals surface area contributed by atoms with Crippen LogP contribution in [0.3, 0.4) is 0 Å². The van der Waals surface area contributed by atoms with Crippen LogP contribution in [0.4, 0.5) is 0 Å². The lowest BCUT2D eigenvalue weighted by atomic mass is 10.1. The molecule has 0 aromatic heterocycles. The molecule has 0 saturated heterocycles. The Kier molecular flexibility index (Phi) is 6.58. The van der Waals surface area contributed by atoms with Gasteiger partial charge in [0.05, 0.1) is 7.11 Å². The van der Waals surface area contributed by atoms with E-state index in [4.69, 9.17) is 10.5 Å². The van der Waals surface area contributed by atoms with E-state index in [1.165, 1.54) is 23.3 Å². The first-order valence-corrected chi connectivity index (χ1v) is 7.74. The maximum atomic E-state index is 5.92. The van der Waals surface area contributed by atoms with E-state index >= 15 is 0 Å². The molecule has 0 saturated carbocycles. The van der Waals surface area contributed by atoms with E-state index in [0.29, 0.717) is 0 Å². The lowest BCUT2D eigenvalue weighted by molar-refractivity contribution is 0.411. The highest BCUT2D eigenvalue weighted by Crippen LogP contribution is 2.27. The Bertz CT molecular complexity index is 366. The fourth-order valence-corrected chi connectivity index (χ4v) is 2.88. The van der Waals surface area contributed by atoms with Crippen LogP contribution in [0.15, 0.2) is 18.2 Å². The van der Waals surface area contributed by atoms with Crippen molar-refractivity contribution in [3.05, 3.63) is 29.3 Å². The van der Waals surface area contributed by atoms with E-state index in [9.17, 15) is 0 Å². The van der Waals surface area contributed by atoms with Gasteiger partial charge in [-0.3, -0.25) is 0 Å². The van der Waals surface area contributed by atoms with E-state index < -0.39 is 0 Å². The summed E-state index contributed by atoms with van der Waals surface area (Å²) >= 11 is 1.97. The van der Waals surface area contributed by atoms with Gasteiger partial charge in [0.1, 0.15) is 5.75 Å². The van der Waals surface area contributed by atoms with Gasteiger partial charge in [-0.05, 0) is 36.3 Å². The lowest BCUT2D eigenvalue weighted by Gasteiger charge is -2.13. The summed E-state index contributed by atoms with van der Waals surface area (Å²) in [5.74, 6) is 3.93. The number of ether oxygens (including phenoxy) is 1. The van der Waals surface area contributed by atoms with Crippen molar-refractivity contribution < 1.29 is 4.74 Å². The highest BCUT2D eigenvalue weighted by atomic mass is 32.2. The molecule has 0 aliphatic carbocycles. The van der Waals surface area contributed by atoms with E-state index in [2.05, 4.69) is 19.9 Å². The molecule has 0 spiro atoms. The predicted octanol–water partition coefficient (Wildman–Crippen LogP) is 3.99. The Morgan fingerprint density at radius 1 is 1.33 bits per heavy atom. The first kappa shape index (κ1) is 15.4. The van der Waals surface area contributed by atoms with Gasteiger partial charge in [-0.2, -0.15) is 11.8 Å². The lowest BCUT2D eigenvalue weighted by Crippen LogP contribution is -2.06. The third-order valence-electron chi connectivity index (χ3n) is 3.19. The minimum atomic E-state index is 0.0780. The molecule has 0 fully saturated rings. The fourth-order valence-electron chi connectivity index (χ4n) is 1.68. The van der Waals surface area contributed by atoms with Crippen molar-refractivity contribution in [1.29, 1.82) is 0 Å². The average molecular weight is 267 g/mol. The van der Waals surface area contributed by atoms with Gasteiger partial charge in [0.15, 0.2) is 0 Å². The third-order valence-corrected chi connectivity index (χ3v) is 4.51. The average Bonchev–Trinajstić information content (AvgIpc) is 2.38. The molecule has 1 rings (SSSR count). The predicted molar refractivity (Wildman–Crippen MR) is 81.2 cm³/mol. The van der Waals surface area contributed by atoms with Crippen LogP contribution in [0, 0.1) is 5.92 Å². The fraction of sp³-hybridized carbons (Fsp3) is 0.600. The molecule has 1 aromatic rings. The number of methoxy groups -OCH3 is 1. The molecule has 2 N–H and O–H groups in total. The van der Waals surface area contributed by atoms with Crippen molar-refractivity contribution in [2.75, 3.05) is 12.9 Å². The molecule has 18 heavy (non-hydrogen) atoms. The molecule has 2 atom stereocenters. The number of rotatable bonds is 7. The molecule has 102 valence electrons. The highest BCUT2D eigenvalue weighted by molar-refractivity contribution is 7.98. The minimum Gasteiger partial charge on any atom is -0.496 e. The van der Waals surface area contributed by atoms with Crippen molar-refractivity contribution in [3.63, 3.8) is 0 Å². The zero-order valence-electron chi connectivity index (χ0n) is 11.9. The van der Waals surface area contributed by atoms with Crippen LogP contribution in [0.2, 0.25) is 0 Å². The summed E-state index contributed by atoms with van der Waals surface area (Å²) in [5, 5.41) is 0. The standard InChI is InChI=1S/C15H25NOS/c1-5-11(2)9-18-10-14-8-13(12(3)16)6-7-15(14)17-4/h6-8,11-12H,5,9-10,16H2,1-4H3. The normalized spacial score (nSPS) is 14.3. The van der Waals surface area contributed by atoms with Crippen LogP contribution in [0.5, 0.6) is 5.75 Å². The zero-order chi connectivity index (χ0) is 13.5. The van der Waals surface area contributed by atoms with E-state index in [1.807, 2.05) is 30.8 Å². The van der Waals surface area contributed by atoms with Gasteiger partial charge in [0.25, 0.3) is 0 Å². The molecule has 1 aromatic carbocycles. The highest BCUT2D eigenvalue weighted by Gasteiger charge is 2.08. The molecule has 2 unspecified atom stereocenters. The molecule has 2 nitrogen and oxygen atoms in total. The van der Waals surface area contributed by atoms with Crippen molar-refractivity contribution in [3.8, 4) is 5.75 Å². The van der Waals surface area contributed by atoms with Gasteiger partial charge in [-0.25, -0.2) is 0 Å². The molecule has 0 amide bonds. The van der Waals surface area contributed by atoms with Gasteiger partial charge in [-0.15, -0.1) is 0 Å². The van der Waals surface area contributed by atoms with E-state index in [0.717, 1.165) is 17.4 Å². The summed E-state index contributed by atoms with van der Waals surface area (Å²) < 4.78 is 5.41. The molecular weight excluding hydrogens is 242 g/mol. The van der Waals surface area contributed by atoms with Crippen molar-refractivity contribution in [2.45, 2.75) is 39.0 Å². The molecule has 0 bridgehead atoms. The molecule has 3 heteroatoms. The second-order valence-corrected chi connectivity index (χ2v) is 5.92. The Balaban J connectivity index is 2.69. The monoisotopic (exact) mass is 267 g/mol. The number of nitrogens with two attached hydrogens (primary N) is 1. The van der Waals surface area contributed by atoms with Crippen molar-refractivity contribution >= 4 is 11.8 Å². The van der Waals surface area contributed by atoms with Crippen LogP contribution in [0.25, 0.3) is 0 Å². The quantitative estimate of drug-likeness (QED) is 0.811. The maximum Gasteiger partial charge on any atom is 0.122 e. The Morgan fingerprint density at radius 2 is 2.06 bits per heavy atom. The zero-order valence-corrected chi connectivity index (χ0v) is 12.7. The van der Waals surface area contributed by atoms with Crippen LogP contribution < -0.4 is 10.5 Å².